The van der Waals surface area contributed by atoms with Crippen LogP contribution in [-0.2, 0) is 12.8 Å². The maximum absolute atomic E-state index is 13.0. The molecule has 0 spiro atoms. The van der Waals surface area contributed by atoms with Crippen LogP contribution in [0.5, 0.6) is 0 Å². The number of nitrogens with zero attached hydrogens (tertiary/aromatic N) is 4. The number of rotatable bonds is 8. The number of hydrogen-bond donors (Lipinski definition) is 1. The summed E-state index contributed by atoms with van der Waals surface area (Å²) in [6.45, 7) is 4.91. The number of hydrogen-bond acceptors (Lipinski definition) is 6. The third kappa shape index (κ3) is 6.12. The molecular formula is C28H29N5OS. The van der Waals surface area contributed by atoms with Crippen LogP contribution in [0.2, 0.25) is 0 Å². The Morgan fingerprint density at radius 2 is 1.63 bits per heavy atom. The first-order valence-corrected chi connectivity index (χ1v) is 12.9. The largest absolute Gasteiger partial charge is 0.367 e. The number of carbonyl (C=O) groups excluding carboxylic acids is 1. The Morgan fingerprint density at radius 3 is 2.43 bits per heavy atom. The summed E-state index contributed by atoms with van der Waals surface area (Å²) < 4.78 is 0. The van der Waals surface area contributed by atoms with Crippen LogP contribution < -0.4 is 10.2 Å². The molecule has 2 aromatic heterocycles. The van der Waals surface area contributed by atoms with Gasteiger partial charge in [-0.05, 0) is 41.8 Å². The monoisotopic (exact) mass is 483 g/mol. The first kappa shape index (κ1) is 23.2. The number of amides is 1. The molecule has 1 amide bonds. The second-order valence-electron chi connectivity index (χ2n) is 8.69. The Hall–Kier alpha value is -3.55. The summed E-state index contributed by atoms with van der Waals surface area (Å²) in [6, 6.07) is 22.4. The summed E-state index contributed by atoms with van der Waals surface area (Å²) in [6.07, 6.45) is 5.48. The molecule has 1 aliphatic rings. The summed E-state index contributed by atoms with van der Waals surface area (Å²) in [7, 11) is 0. The van der Waals surface area contributed by atoms with E-state index >= 15 is 0 Å². The molecule has 0 atom stereocenters. The zero-order chi connectivity index (χ0) is 23.9. The highest BCUT2D eigenvalue weighted by molar-refractivity contribution is 7.09. The Kier molecular flexibility index (Phi) is 7.46. The molecule has 1 aliphatic heterocycles. The van der Waals surface area contributed by atoms with Crippen LogP contribution in [-0.4, -0.2) is 53.5 Å². The van der Waals surface area contributed by atoms with E-state index in [1.165, 1.54) is 22.5 Å². The van der Waals surface area contributed by atoms with Crippen molar-refractivity contribution >= 4 is 28.6 Å². The lowest BCUT2D eigenvalue weighted by Gasteiger charge is -2.37. The van der Waals surface area contributed by atoms with Gasteiger partial charge in [0.2, 0.25) is 0 Å². The summed E-state index contributed by atoms with van der Waals surface area (Å²) in [5.41, 5.74) is 4.88. The van der Waals surface area contributed by atoms with Crippen LogP contribution in [0.25, 0.3) is 0 Å². The summed E-state index contributed by atoms with van der Waals surface area (Å²) in [5, 5.41) is 5.89. The molecule has 3 heterocycles. The normalized spacial score (nSPS) is 14.1. The van der Waals surface area contributed by atoms with Crippen LogP contribution in [0.15, 0.2) is 84.5 Å². The van der Waals surface area contributed by atoms with Gasteiger partial charge in [-0.25, -0.2) is 4.98 Å². The Morgan fingerprint density at radius 1 is 0.886 bits per heavy atom. The number of para-hydroxylation sites is 2. The molecule has 7 heteroatoms. The van der Waals surface area contributed by atoms with Gasteiger partial charge in [0.1, 0.15) is 5.69 Å². The third-order valence-electron chi connectivity index (χ3n) is 6.31. The van der Waals surface area contributed by atoms with Crippen molar-refractivity contribution in [1.82, 2.24) is 14.9 Å². The molecule has 1 N–H and O–H groups in total. The predicted octanol–water partition coefficient (Wildman–Crippen LogP) is 4.75. The van der Waals surface area contributed by atoms with Crippen molar-refractivity contribution in [2.45, 2.75) is 12.8 Å². The van der Waals surface area contributed by atoms with Gasteiger partial charge in [-0.3, -0.25) is 14.7 Å². The number of benzene rings is 2. The molecule has 2 aromatic carbocycles. The number of aromatic nitrogens is 2. The summed E-state index contributed by atoms with van der Waals surface area (Å²) >= 11 is 1.53. The van der Waals surface area contributed by atoms with E-state index in [1.807, 2.05) is 54.2 Å². The van der Waals surface area contributed by atoms with E-state index in [-0.39, 0.29) is 5.91 Å². The van der Waals surface area contributed by atoms with Gasteiger partial charge in [-0.15, -0.1) is 11.3 Å². The molecule has 35 heavy (non-hydrogen) atoms. The lowest BCUT2D eigenvalue weighted by Crippen LogP contribution is -2.47. The van der Waals surface area contributed by atoms with Crippen LogP contribution in [0, 0.1) is 0 Å². The molecule has 0 aliphatic carbocycles. The minimum Gasteiger partial charge on any atom is -0.367 e. The summed E-state index contributed by atoms with van der Waals surface area (Å²) in [5.74, 6) is -0.163. The van der Waals surface area contributed by atoms with Gasteiger partial charge in [0.25, 0.3) is 5.91 Å². The zero-order valence-corrected chi connectivity index (χ0v) is 20.5. The van der Waals surface area contributed by atoms with Crippen molar-refractivity contribution in [3.8, 4) is 0 Å². The summed E-state index contributed by atoms with van der Waals surface area (Å²) in [4.78, 5) is 26.5. The SMILES string of the molecule is O=C(Nc1ccccc1N1CCN(CCc2ccncc2)CC1)c1csc(Cc2ccccc2)n1. The van der Waals surface area contributed by atoms with Gasteiger partial charge < -0.3 is 10.2 Å². The average Bonchev–Trinajstić information content (AvgIpc) is 3.38. The maximum atomic E-state index is 13.0. The molecule has 1 fully saturated rings. The Bertz CT molecular complexity index is 1240. The number of carbonyl (C=O) groups is 1. The van der Waals surface area contributed by atoms with E-state index in [1.54, 1.807) is 0 Å². The molecule has 178 valence electrons. The molecule has 0 saturated carbocycles. The fourth-order valence-corrected chi connectivity index (χ4v) is 5.17. The van der Waals surface area contributed by atoms with Crippen LogP contribution in [0.1, 0.15) is 26.6 Å². The highest BCUT2D eigenvalue weighted by Crippen LogP contribution is 2.27. The highest BCUT2D eigenvalue weighted by Gasteiger charge is 2.20. The molecule has 5 rings (SSSR count). The van der Waals surface area contributed by atoms with E-state index < -0.39 is 0 Å². The fourth-order valence-electron chi connectivity index (χ4n) is 4.36. The molecule has 0 radical (unpaired) electrons. The van der Waals surface area contributed by atoms with Crippen molar-refractivity contribution in [2.75, 3.05) is 42.9 Å². The van der Waals surface area contributed by atoms with Gasteiger partial charge in [0.05, 0.1) is 16.4 Å². The number of pyridine rings is 1. The average molecular weight is 484 g/mol. The van der Waals surface area contributed by atoms with E-state index in [4.69, 9.17) is 0 Å². The van der Waals surface area contributed by atoms with Crippen molar-refractivity contribution in [3.63, 3.8) is 0 Å². The van der Waals surface area contributed by atoms with Crippen molar-refractivity contribution < 1.29 is 4.79 Å². The molecule has 0 bridgehead atoms. The molecular weight excluding hydrogens is 454 g/mol. The number of thiazole rings is 1. The molecule has 6 nitrogen and oxygen atoms in total. The standard InChI is InChI=1S/C28H29N5OS/c34-28(25-21-35-27(30-25)20-23-6-2-1-3-7-23)31-24-8-4-5-9-26(24)33-18-16-32(17-19-33)15-12-22-10-13-29-14-11-22/h1-11,13-14,21H,12,15-20H2,(H,31,34). The van der Waals surface area contributed by atoms with Gasteiger partial charge >= 0.3 is 0 Å². The zero-order valence-electron chi connectivity index (χ0n) is 19.6. The molecule has 0 unspecified atom stereocenters. The van der Waals surface area contributed by atoms with Crippen LogP contribution >= 0.6 is 11.3 Å². The maximum Gasteiger partial charge on any atom is 0.275 e. The topological polar surface area (TPSA) is 61.4 Å². The van der Waals surface area contributed by atoms with Gasteiger partial charge in [-0.1, -0.05) is 42.5 Å². The number of nitrogens with one attached hydrogen (secondary N) is 1. The first-order chi connectivity index (χ1) is 17.2. The fraction of sp³-hybridized carbons (Fsp3) is 0.250. The smallest absolute Gasteiger partial charge is 0.275 e. The lowest BCUT2D eigenvalue weighted by molar-refractivity contribution is 0.102. The molecule has 4 aromatic rings. The minimum atomic E-state index is -0.163. The van der Waals surface area contributed by atoms with Gasteiger partial charge in [-0.2, -0.15) is 0 Å². The van der Waals surface area contributed by atoms with Gasteiger partial charge in [0, 0.05) is 56.9 Å². The van der Waals surface area contributed by atoms with Gasteiger partial charge in [0.15, 0.2) is 0 Å². The van der Waals surface area contributed by atoms with Crippen molar-refractivity contribution in [1.29, 1.82) is 0 Å². The number of piperazine rings is 1. The van der Waals surface area contributed by atoms with E-state index in [9.17, 15) is 4.79 Å². The van der Waals surface area contributed by atoms with E-state index in [0.717, 1.165) is 61.9 Å². The second-order valence-corrected chi connectivity index (χ2v) is 9.64. The van der Waals surface area contributed by atoms with Crippen LogP contribution in [0.3, 0.4) is 0 Å². The predicted molar refractivity (Wildman–Crippen MR) is 142 cm³/mol. The number of anilines is 2. The Labute approximate surface area is 210 Å². The highest BCUT2D eigenvalue weighted by atomic mass is 32.1. The van der Waals surface area contributed by atoms with E-state index in [0.29, 0.717) is 5.69 Å². The lowest BCUT2D eigenvalue weighted by atomic mass is 10.1. The minimum absolute atomic E-state index is 0.163. The molecule has 1 saturated heterocycles. The quantitative estimate of drug-likeness (QED) is 0.392. The van der Waals surface area contributed by atoms with Crippen molar-refractivity contribution in [3.05, 3.63) is 106 Å². The van der Waals surface area contributed by atoms with E-state index in [2.05, 4.69) is 55.4 Å². The second kappa shape index (κ2) is 11.3. The Balaban J connectivity index is 1.18. The first-order valence-electron chi connectivity index (χ1n) is 12.0. The van der Waals surface area contributed by atoms with Crippen molar-refractivity contribution in [2.24, 2.45) is 0 Å². The third-order valence-corrected chi connectivity index (χ3v) is 7.16. The van der Waals surface area contributed by atoms with Crippen LogP contribution in [0.4, 0.5) is 11.4 Å².